The monoisotopic (exact) mass is 270 g/mol. The maximum atomic E-state index is 12.4. The molecule has 20 heavy (non-hydrogen) atoms. The molecule has 5 nitrogen and oxygen atoms in total. The predicted octanol–water partition coefficient (Wildman–Crippen LogP) is 1.91. The lowest BCUT2D eigenvalue weighted by Gasteiger charge is -2.28. The molecule has 1 aromatic heterocycles. The van der Waals surface area contributed by atoms with Crippen molar-refractivity contribution < 1.29 is 0 Å². The van der Waals surface area contributed by atoms with Crippen molar-refractivity contribution in [3.63, 3.8) is 0 Å². The lowest BCUT2D eigenvalue weighted by Crippen LogP contribution is -2.32. The largest absolute Gasteiger partial charge is 0.378 e. The summed E-state index contributed by atoms with van der Waals surface area (Å²) in [6.45, 7) is 3.09. The second-order valence-electron chi connectivity index (χ2n) is 5.62. The Hall–Kier alpha value is -2.09. The number of hydrogen-bond donors (Lipinski definition) is 0. The average molecular weight is 270 g/mol. The third-order valence-electron chi connectivity index (χ3n) is 4.35. The molecule has 0 N–H and O–H groups in total. The molecule has 0 aromatic carbocycles. The van der Waals surface area contributed by atoms with Crippen molar-refractivity contribution in [3.05, 3.63) is 33.6 Å². The molecule has 5 heteroatoms. The Morgan fingerprint density at radius 2 is 2.25 bits per heavy atom. The molecule has 0 amide bonds. The molecule has 1 atom stereocenters. The SMILES string of the molecule is CC1CC/C(=C2/CCCN2C)c2ncc(C#N)c(=O)n21. The Morgan fingerprint density at radius 1 is 1.45 bits per heavy atom. The van der Waals surface area contributed by atoms with Gasteiger partial charge in [0.2, 0.25) is 0 Å². The van der Waals surface area contributed by atoms with Crippen molar-refractivity contribution in [1.29, 1.82) is 5.26 Å². The molecule has 0 aliphatic carbocycles. The van der Waals surface area contributed by atoms with E-state index >= 15 is 0 Å². The molecule has 104 valence electrons. The molecule has 0 bridgehead atoms. The maximum Gasteiger partial charge on any atom is 0.271 e. The van der Waals surface area contributed by atoms with Gasteiger partial charge in [0.1, 0.15) is 17.5 Å². The van der Waals surface area contributed by atoms with Crippen LogP contribution in [0.15, 0.2) is 16.7 Å². The summed E-state index contributed by atoms with van der Waals surface area (Å²) < 4.78 is 1.70. The van der Waals surface area contributed by atoms with E-state index in [2.05, 4.69) is 16.9 Å². The van der Waals surface area contributed by atoms with Crippen LogP contribution in [0.25, 0.3) is 5.57 Å². The normalized spacial score (nSPS) is 25.4. The van der Waals surface area contributed by atoms with Gasteiger partial charge in [-0.15, -0.1) is 0 Å². The van der Waals surface area contributed by atoms with Crippen molar-refractivity contribution in [3.8, 4) is 6.07 Å². The highest BCUT2D eigenvalue weighted by Gasteiger charge is 2.28. The zero-order valence-corrected chi connectivity index (χ0v) is 11.9. The summed E-state index contributed by atoms with van der Waals surface area (Å²) in [6.07, 6.45) is 5.51. The van der Waals surface area contributed by atoms with Crippen LogP contribution < -0.4 is 5.56 Å². The van der Waals surface area contributed by atoms with E-state index in [4.69, 9.17) is 5.26 Å². The van der Waals surface area contributed by atoms with Gasteiger partial charge in [-0.2, -0.15) is 5.26 Å². The standard InChI is InChI=1S/C15H18N4O/c1-10-5-6-12(13-4-3-7-18(13)2)14-17-9-11(8-16)15(20)19(10)14/h9-10H,3-7H2,1-2H3/b13-12+. The van der Waals surface area contributed by atoms with Gasteiger partial charge in [0, 0.05) is 30.9 Å². The molecular formula is C15H18N4O. The van der Waals surface area contributed by atoms with Crippen molar-refractivity contribution >= 4 is 5.57 Å². The summed E-state index contributed by atoms with van der Waals surface area (Å²) in [5.74, 6) is 0.761. The highest BCUT2D eigenvalue weighted by molar-refractivity contribution is 5.65. The summed E-state index contributed by atoms with van der Waals surface area (Å²) in [7, 11) is 2.10. The lowest BCUT2D eigenvalue weighted by atomic mass is 9.97. The number of likely N-dealkylation sites (tertiary alicyclic amines) is 1. The van der Waals surface area contributed by atoms with E-state index in [1.807, 2.05) is 13.0 Å². The van der Waals surface area contributed by atoms with Gasteiger partial charge in [0.05, 0.1) is 6.20 Å². The van der Waals surface area contributed by atoms with E-state index < -0.39 is 0 Å². The molecular weight excluding hydrogens is 252 g/mol. The Kier molecular flexibility index (Phi) is 3.09. The Balaban J connectivity index is 2.24. The van der Waals surface area contributed by atoms with E-state index in [0.29, 0.717) is 0 Å². The summed E-state index contributed by atoms with van der Waals surface area (Å²) >= 11 is 0. The smallest absolute Gasteiger partial charge is 0.271 e. The van der Waals surface area contributed by atoms with Crippen molar-refractivity contribution in [2.75, 3.05) is 13.6 Å². The van der Waals surface area contributed by atoms with Crippen LogP contribution in [0, 0.1) is 11.3 Å². The first-order valence-corrected chi connectivity index (χ1v) is 7.08. The summed E-state index contributed by atoms with van der Waals surface area (Å²) in [4.78, 5) is 19.0. The van der Waals surface area contributed by atoms with E-state index in [0.717, 1.165) is 38.1 Å². The van der Waals surface area contributed by atoms with Gasteiger partial charge in [-0.25, -0.2) is 4.98 Å². The second-order valence-corrected chi connectivity index (χ2v) is 5.62. The molecule has 1 saturated heterocycles. The molecule has 3 rings (SSSR count). The fourth-order valence-electron chi connectivity index (χ4n) is 3.24. The first-order chi connectivity index (χ1) is 9.63. The summed E-state index contributed by atoms with van der Waals surface area (Å²) in [5.41, 5.74) is 2.42. The Bertz CT molecular complexity index is 680. The van der Waals surface area contributed by atoms with Gasteiger partial charge >= 0.3 is 0 Å². The van der Waals surface area contributed by atoms with E-state index in [1.54, 1.807) is 4.57 Å². The van der Waals surface area contributed by atoms with Crippen LogP contribution in [-0.2, 0) is 0 Å². The molecule has 0 saturated carbocycles. The summed E-state index contributed by atoms with van der Waals surface area (Å²) in [6, 6.07) is 2.04. The van der Waals surface area contributed by atoms with Crippen LogP contribution in [0.1, 0.15) is 50.0 Å². The Labute approximate surface area is 118 Å². The second kappa shape index (κ2) is 4.78. The molecule has 0 spiro atoms. The van der Waals surface area contributed by atoms with Crippen LogP contribution in [0.5, 0.6) is 0 Å². The quantitative estimate of drug-likeness (QED) is 0.722. The predicted molar refractivity (Wildman–Crippen MR) is 75.9 cm³/mol. The van der Waals surface area contributed by atoms with Gasteiger partial charge in [0.25, 0.3) is 5.56 Å². The van der Waals surface area contributed by atoms with Crippen molar-refractivity contribution in [1.82, 2.24) is 14.5 Å². The van der Waals surface area contributed by atoms with Gasteiger partial charge in [-0.3, -0.25) is 9.36 Å². The number of rotatable bonds is 0. The molecule has 1 aromatic rings. The van der Waals surface area contributed by atoms with Crippen LogP contribution in [0.4, 0.5) is 0 Å². The maximum absolute atomic E-state index is 12.4. The molecule has 1 fully saturated rings. The summed E-state index contributed by atoms with van der Waals surface area (Å²) in [5, 5.41) is 9.00. The Morgan fingerprint density at radius 3 is 2.90 bits per heavy atom. The fourth-order valence-corrected chi connectivity index (χ4v) is 3.24. The average Bonchev–Trinajstić information content (AvgIpc) is 2.85. The van der Waals surface area contributed by atoms with Crippen LogP contribution in [0.3, 0.4) is 0 Å². The zero-order chi connectivity index (χ0) is 14.3. The van der Waals surface area contributed by atoms with Crippen LogP contribution in [0.2, 0.25) is 0 Å². The zero-order valence-electron chi connectivity index (χ0n) is 11.9. The van der Waals surface area contributed by atoms with E-state index in [-0.39, 0.29) is 17.2 Å². The number of fused-ring (bicyclic) bond motifs is 1. The number of nitriles is 1. The van der Waals surface area contributed by atoms with Crippen LogP contribution >= 0.6 is 0 Å². The molecule has 1 unspecified atom stereocenters. The van der Waals surface area contributed by atoms with Gasteiger partial charge in [-0.1, -0.05) is 0 Å². The van der Waals surface area contributed by atoms with Crippen molar-refractivity contribution in [2.24, 2.45) is 0 Å². The fraction of sp³-hybridized carbons (Fsp3) is 0.533. The molecule has 2 aliphatic rings. The number of aromatic nitrogens is 2. The van der Waals surface area contributed by atoms with Gasteiger partial charge < -0.3 is 4.90 Å². The van der Waals surface area contributed by atoms with E-state index in [9.17, 15) is 4.79 Å². The molecule has 0 radical (unpaired) electrons. The highest BCUT2D eigenvalue weighted by atomic mass is 16.1. The minimum Gasteiger partial charge on any atom is -0.378 e. The topological polar surface area (TPSA) is 61.9 Å². The van der Waals surface area contributed by atoms with E-state index in [1.165, 1.54) is 17.5 Å². The minimum absolute atomic E-state index is 0.106. The van der Waals surface area contributed by atoms with Gasteiger partial charge in [0.15, 0.2) is 0 Å². The number of nitrogens with zero attached hydrogens (tertiary/aromatic N) is 4. The van der Waals surface area contributed by atoms with Crippen LogP contribution in [-0.4, -0.2) is 28.0 Å². The first-order valence-electron chi connectivity index (χ1n) is 7.08. The van der Waals surface area contributed by atoms with Crippen molar-refractivity contribution in [2.45, 2.75) is 38.6 Å². The lowest BCUT2D eigenvalue weighted by molar-refractivity contribution is 0.446. The third-order valence-corrected chi connectivity index (χ3v) is 4.35. The number of allylic oxidation sites excluding steroid dienone is 2. The van der Waals surface area contributed by atoms with Gasteiger partial charge in [-0.05, 0) is 32.6 Å². The minimum atomic E-state index is -0.205. The molecule has 2 aliphatic heterocycles. The highest BCUT2D eigenvalue weighted by Crippen LogP contribution is 2.36. The third kappa shape index (κ3) is 1.83. The first kappa shape index (κ1) is 12.9. The molecule has 3 heterocycles. The number of hydrogen-bond acceptors (Lipinski definition) is 4.